The van der Waals surface area contributed by atoms with Gasteiger partial charge in [0.1, 0.15) is 6.54 Å². The molecule has 0 N–H and O–H groups in total. The van der Waals surface area contributed by atoms with Gasteiger partial charge in [-0.25, -0.2) is 4.68 Å². The van der Waals surface area contributed by atoms with Crippen molar-refractivity contribution in [3.63, 3.8) is 0 Å². The van der Waals surface area contributed by atoms with Crippen LogP contribution in [0.5, 0.6) is 0 Å². The Hall–Kier alpha value is -3.54. The molecule has 2 heterocycles. The van der Waals surface area contributed by atoms with E-state index in [0.717, 1.165) is 22.4 Å². The minimum absolute atomic E-state index is 0.121. The van der Waals surface area contributed by atoms with E-state index < -0.39 is 0 Å². The molecule has 0 atom stereocenters. The molecular weight excluding hydrogens is 364 g/mol. The lowest BCUT2D eigenvalue weighted by Gasteiger charge is -2.08. The zero-order valence-corrected chi connectivity index (χ0v) is 16.7. The van der Waals surface area contributed by atoms with Crippen molar-refractivity contribution in [1.82, 2.24) is 19.9 Å². The number of rotatable bonds is 5. The molecule has 0 aliphatic heterocycles. The predicted octanol–water partition coefficient (Wildman–Crippen LogP) is 4.44. The van der Waals surface area contributed by atoms with Crippen molar-refractivity contribution in [2.75, 3.05) is 0 Å². The monoisotopic (exact) mass is 386 g/mol. The molecule has 0 spiro atoms. The molecule has 0 aliphatic rings. The number of nitrogens with zero attached hydrogens (tertiary/aromatic N) is 4. The highest BCUT2D eigenvalue weighted by Crippen LogP contribution is 2.21. The molecule has 0 aliphatic carbocycles. The summed E-state index contributed by atoms with van der Waals surface area (Å²) in [5.41, 5.74) is 4.70. The van der Waals surface area contributed by atoms with Gasteiger partial charge in [0.25, 0.3) is 5.56 Å². The lowest BCUT2D eigenvalue weighted by atomic mass is 10.0. The predicted molar refractivity (Wildman–Crippen MR) is 112 cm³/mol. The van der Waals surface area contributed by atoms with E-state index in [2.05, 4.69) is 41.2 Å². The van der Waals surface area contributed by atoms with Crippen molar-refractivity contribution < 1.29 is 4.52 Å². The summed E-state index contributed by atoms with van der Waals surface area (Å²) in [4.78, 5) is 16.7. The minimum atomic E-state index is -0.220. The highest BCUT2D eigenvalue weighted by Gasteiger charge is 2.12. The van der Waals surface area contributed by atoms with Crippen LogP contribution < -0.4 is 5.56 Å². The maximum atomic E-state index is 12.3. The summed E-state index contributed by atoms with van der Waals surface area (Å²) in [7, 11) is 0. The van der Waals surface area contributed by atoms with Crippen molar-refractivity contribution in [2.24, 2.45) is 0 Å². The van der Waals surface area contributed by atoms with E-state index in [4.69, 9.17) is 4.52 Å². The minimum Gasteiger partial charge on any atom is -0.337 e. The summed E-state index contributed by atoms with van der Waals surface area (Å²) in [5, 5.41) is 8.52. The van der Waals surface area contributed by atoms with Crippen LogP contribution in [0.3, 0.4) is 0 Å². The molecule has 0 amide bonds. The molecule has 6 heteroatoms. The van der Waals surface area contributed by atoms with Crippen LogP contribution >= 0.6 is 0 Å². The van der Waals surface area contributed by atoms with Crippen LogP contribution in [0.1, 0.15) is 36.8 Å². The van der Waals surface area contributed by atoms with E-state index in [-0.39, 0.29) is 12.1 Å². The van der Waals surface area contributed by atoms with Crippen molar-refractivity contribution in [2.45, 2.75) is 33.2 Å². The average molecular weight is 386 g/mol. The van der Waals surface area contributed by atoms with Crippen LogP contribution in [0.15, 0.2) is 70.0 Å². The van der Waals surface area contributed by atoms with E-state index in [1.54, 1.807) is 6.07 Å². The third-order valence-electron chi connectivity index (χ3n) is 4.77. The van der Waals surface area contributed by atoms with Gasteiger partial charge in [-0.05, 0) is 30.5 Å². The fourth-order valence-corrected chi connectivity index (χ4v) is 3.10. The Morgan fingerprint density at radius 1 is 1.00 bits per heavy atom. The van der Waals surface area contributed by atoms with Crippen LogP contribution in [0.4, 0.5) is 0 Å². The first-order chi connectivity index (χ1) is 14.0. The molecule has 2 aromatic heterocycles. The van der Waals surface area contributed by atoms with Crippen LogP contribution in [-0.4, -0.2) is 19.9 Å². The zero-order valence-electron chi connectivity index (χ0n) is 16.7. The highest BCUT2D eigenvalue weighted by atomic mass is 16.5. The van der Waals surface area contributed by atoms with Gasteiger partial charge in [0.15, 0.2) is 0 Å². The number of hydrogen-bond acceptors (Lipinski definition) is 5. The summed E-state index contributed by atoms with van der Waals surface area (Å²) in [6.07, 6.45) is 0. The molecule has 0 fully saturated rings. The average Bonchev–Trinajstić information content (AvgIpc) is 3.18. The summed E-state index contributed by atoms with van der Waals surface area (Å²) in [5.74, 6) is 1.30. The van der Waals surface area contributed by atoms with Gasteiger partial charge >= 0.3 is 0 Å². The Balaban J connectivity index is 1.60. The number of hydrogen-bond donors (Lipinski definition) is 0. The van der Waals surface area contributed by atoms with Gasteiger partial charge in [0.2, 0.25) is 11.7 Å². The molecule has 0 radical (unpaired) electrons. The van der Waals surface area contributed by atoms with Gasteiger partial charge in [-0.15, -0.1) is 0 Å². The summed E-state index contributed by atoms with van der Waals surface area (Å²) in [6, 6.07) is 19.3. The molecule has 4 rings (SSSR count). The molecule has 6 nitrogen and oxygen atoms in total. The fraction of sp³-hybridized carbons (Fsp3) is 0.217. The summed E-state index contributed by atoms with van der Waals surface area (Å²) in [6.45, 7) is 6.44. The Morgan fingerprint density at radius 3 is 2.52 bits per heavy atom. The van der Waals surface area contributed by atoms with Gasteiger partial charge in [-0.2, -0.15) is 10.1 Å². The molecule has 0 saturated carbocycles. The fourth-order valence-electron chi connectivity index (χ4n) is 3.10. The Labute approximate surface area is 168 Å². The topological polar surface area (TPSA) is 73.8 Å². The van der Waals surface area contributed by atoms with Crippen molar-refractivity contribution in [1.29, 1.82) is 0 Å². The molecular formula is C23H22N4O2. The number of aryl methyl sites for hydroxylation is 1. The second-order valence-corrected chi connectivity index (χ2v) is 7.37. The van der Waals surface area contributed by atoms with Gasteiger partial charge < -0.3 is 4.52 Å². The molecule has 29 heavy (non-hydrogen) atoms. The summed E-state index contributed by atoms with van der Waals surface area (Å²) >= 11 is 0. The smallest absolute Gasteiger partial charge is 0.267 e. The van der Waals surface area contributed by atoms with E-state index in [1.807, 2.05) is 43.3 Å². The van der Waals surface area contributed by atoms with Gasteiger partial charge in [-0.1, -0.05) is 67.0 Å². The number of benzene rings is 2. The summed E-state index contributed by atoms with van der Waals surface area (Å²) < 4.78 is 6.69. The van der Waals surface area contributed by atoms with E-state index in [0.29, 0.717) is 17.6 Å². The van der Waals surface area contributed by atoms with Gasteiger partial charge in [-0.3, -0.25) is 4.79 Å². The molecule has 4 aromatic rings. The highest BCUT2D eigenvalue weighted by molar-refractivity contribution is 5.59. The van der Waals surface area contributed by atoms with Crippen molar-refractivity contribution in [3.8, 4) is 22.6 Å². The van der Waals surface area contributed by atoms with Crippen LogP contribution in [0.25, 0.3) is 22.6 Å². The molecule has 146 valence electrons. The van der Waals surface area contributed by atoms with Crippen LogP contribution in [0, 0.1) is 6.92 Å². The quantitative estimate of drug-likeness (QED) is 0.507. The molecule has 0 bridgehead atoms. The lowest BCUT2D eigenvalue weighted by molar-refractivity contribution is 0.363. The third-order valence-corrected chi connectivity index (χ3v) is 4.77. The zero-order chi connectivity index (χ0) is 20.4. The van der Waals surface area contributed by atoms with Crippen LogP contribution in [-0.2, 0) is 6.54 Å². The van der Waals surface area contributed by atoms with Gasteiger partial charge in [0.05, 0.1) is 5.69 Å². The first-order valence-electron chi connectivity index (χ1n) is 9.58. The third kappa shape index (κ3) is 4.16. The van der Waals surface area contributed by atoms with E-state index in [1.165, 1.54) is 16.3 Å². The maximum absolute atomic E-state index is 12.3. The SMILES string of the molecule is Cc1cccc(-c2noc(Cn3nc(-c4ccc(C(C)C)cc4)ccc3=O)n2)c1. The van der Waals surface area contributed by atoms with Crippen molar-refractivity contribution in [3.05, 3.63) is 88.0 Å². The van der Waals surface area contributed by atoms with Gasteiger partial charge in [0, 0.05) is 17.2 Å². The van der Waals surface area contributed by atoms with Crippen molar-refractivity contribution >= 4 is 0 Å². The van der Waals surface area contributed by atoms with E-state index in [9.17, 15) is 4.79 Å². The maximum Gasteiger partial charge on any atom is 0.267 e. The Morgan fingerprint density at radius 2 is 1.79 bits per heavy atom. The second kappa shape index (κ2) is 7.83. The normalized spacial score (nSPS) is 11.2. The Bertz CT molecular complexity index is 1190. The Kier molecular flexibility index (Phi) is 5.08. The number of aromatic nitrogens is 4. The molecule has 2 aromatic carbocycles. The molecule has 0 saturated heterocycles. The van der Waals surface area contributed by atoms with E-state index >= 15 is 0 Å². The molecule has 0 unspecified atom stereocenters. The first-order valence-corrected chi connectivity index (χ1v) is 9.58. The lowest BCUT2D eigenvalue weighted by Crippen LogP contribution is -2.23. The second-order valence-electron chi connectivity index (χ2n) is 7.37. The largest absolute Gasteiger partial charge is 0.337 e. The standard InChI is InChI=1S/C23H22N4O2/c1-15(2)17-7-9-18(10-8-17)20-11-12-22(28)27(25-20)14-21-24-23(26-29-21)19-6-4-5-16(3)13-19/h4-13,15H,14H2,1-3H3. The first kappa shape index (κ1) is 18.8. The van der Waals surface area contributed by atoms with Crippen LogP contribution in [0.2, 0.25) is 0 Å².